The molecule has 0 bridgehead atoms. The van der Waals surface area contributed by atoms with E-state index in [0.29, 0.717) is 6.73 Å². The molecule has 3 nitrogen and oxygen atoms in total. The number of rotatable bonds is 4. The van der Waals surface area contributed by atoms with Crippen molar-refractivity contribution < 1.29 is 9.47 Å². The Hall–Kier alpha value is -1.22. The van der Waals surface area contributed by atoms with Gasteiger partial charge < -0.3 is 9.47 Å². The van der Waals surface area contributed by atoms with E-state index in [2.05, 4.69) is 4.90 Å². The minimum absolute atomic E-state index is 0.688. The van der Waals surface area contributed by atoms with Gasteiger partial charge in [0.2, 0.25) is 0 Å². The van der Waals surface area contributed by atoms with Crippen LogP contribution >= 0.6 is 0 Å². The summed E-state index contributed by atoms with van der Waals surface area (Å²) in [6.45, 7) is 3.00. The highest BCUT2D eigenvalue weighted by atomic mass is 16.5. The Morgan fingerprint density at radius 3 is 2.67 bits per heavy atom. The third-order valence-corrected chi connectivity index (χ3v) is 2.65. The van der Waals surface area contributed by atoms with Gasteiger partial charge in [0.05, 0.1) is 7.11 Å². The second-order valence-corrected chi connectivity index (χ2v) is 3.78. The Balaban J connectivity index is 1.86. The molecule has 15 heavy (non-hydrogen) atoms. The highest BCUT2D eigenvalue weighted by Crippen LogP contribution is 2.19. The van der Waals surface area contributed by atoms with Crippen LogP contribution in [0.3, 0.4) is 0 Å². The maximum atomic E-state index is 5.68. The maximum absolute atomic E-state index is 5.68. The highest BCUT2D eigenvalue weighted by Gasteiger charge is 2.11. The van der Waals surface area contributed by atoms with E-state index in [1.807, 2.05) is 24.3 Å². The van der Waals surface area contributed by atoms with E-state index in [9.17, 15) is 0 Å². The van der Waals surface area contributed by atoms with Crippen LogP contribution in [0.5, 0.6) is 11.5 Å². The molecule has 1 fully saturated rings. The average Bonchev–Trinajstić information content (AvgIpc) is 2.79. The zero-order valence-electron chi connectivity index (χ0n) is 9.11. The van der Waals surface area contributed by atoms with Crippen LogP contribution in [-0.2, 0) is 0 Å². The van der Waals surface area contributed by atoms with Gasteiger partial charge in [0.25, 0.3) is 0 Å². The van der Waals surface area contributed by atoms with Crippen LogP contribution < -0.4 is 9.47 Å². The van der Waals surface area contributed by atoms with E-state index in [0.717, 1.165) is 24.6 Å². The molecule has 0 aliphatic carbocycles. The second kappa shape index (κ2) is 5.03. The first-order chi connectivity index (χ1) is 7.38. The number of hydrogen-bond acceptors (Lipinski definition) is 3. The molecule has 0 saturated carbocycles. The quantitative estimate of drug-likeness (QED) is 0.755. The molecule has 0 aromatic heterocycles. The number of ether oxygens (including phenoxy) is 2. The normalized spacial score (nSPS) is 16.6. The maximum Gasteiger partial charge on any atom is 0.142 e. The summed E-state index contributed by atoms with van der Waals surface area (Å²) in [5.41, 5.74) is 0. The fourth-order valence-corrected chi connectivity index (χ4v) is 1.77. The molecule has 1 aliphatic rings. The van der Waals surface area contributed by atoms with Crippen molar-refractivity contribution in [2.45, 2.75) is 12.8 Å². The van der Waals surface area contributed by atoms with Crippen molar-refractivity contribution in [1.29, 1.82) is 0 Å². The van der Waals surface area contributed by atoms with Crippen LogP contribution in [0.2, 0.25) is 0 Å². The summed E-state index contributed by atoms with van der Waals surface area (Å²) in [4.78, 5) is 2.32. The molecule has 1 saturated heterocycles. The van der Waals surface area contributed by atoms with Gasteiger partial charge in [0.1, 0.15) is 18.2 Å². The zero-order chi connectivity index (χ0) is 10.5. The molecule has 82 valence electrons. The lowest BCUT2D eigenvalue weighted by atomic mass is 10.3. The number of hydrogen-bond donors (Lipinski definition) is 0. The Kier molecular flexibility index (Phi) is 3.45. The summed E-state index contributed by atoms with van der Waals surface area (Å²) < 4.78 is 10.8. The van der Waals surface area contributed by atoms with E-state index in [1.54, 1.807) is 7.11 Å². The molecule has 1 aromatic carbocycles. The summed E-state index contributed by atoms with van der Waals surface area (Å²) in [7, 11) is 1.67. The van der Waals surface area contributed by atoms with Gasteiger partial charge in [0, 0.05) is 19.2 Å². The molecule has 1 aliphatic heterocycles. The molecule has 0 atom stereocenters. The average molecular weight is 207 g/mol. The van der Waals surface area contributed by atoms with Crippen LogP contribution in [0, 0.1) is 0 Å². The number of methoxy groups -OCH3 is 1. The fraction of sp³-hybridized carbons (Fsp3) is 0.500. The van der Waals surface area contributed by atoms with Crippen LogP contribution in [0.1, 0.15) is 12.8 Å². The zero-order valence-corrected chi connectivity index (χ0v) is 9.11. The van der Waals surface area contributed by atoms with Crippen LogP contribution in [0.15, 0.2) is 24.3 Å². The molecule has 0 unspecified atom stereocenters. The molecule has 0 radical (unpaired) electrons. The van der Waals surface area contributed by atoms with Crippen LogP contribution in [0.4, 0.5) is 0 Å². The molecular formula is C12H17NO2. The first-order valence-electron chi connectivity index (χ1n) is 5.38. The molecule has 3 heteroatoms. The summed E-state index contributed by atoms with van der Waals surface area (Å²) in [5.74, 6) is 1.72. The van der Waals surface area contributed by atoms with Gasteiger partial charge in [-0.1, -0.05) is 6.07 Å². The molecule has 0 spiro atoms. The van der Waals surface area contributed by atoms with Gasteiger partial charge in [-0.05, 0) is 25.0 Å². The number of likely N-dealkylation sites (tertiary alicyclic amines) is 1. The second-order valence-electron chi connectivity index (χ2n) is 3.78. The van der Waals surface area contributed by atoms with Crippen molar-refractivity contribution >= 4 is 0 Å². The molecule has 2 rings (SSSR count). The molecule has 1 heterocycles. The molecule has 1 aromatic rings. The SMILES string of the molecule is COc1cccc(OCN2CCCC2)c1. The van der Waals surface area contributed by atoms with Crippen LogP contribution in [0.25, 0.3) is 0 Å². The molecule has 0 N–H and O–H groups in total. The number of nitrogens with zero attached hydrogens (tertiary/aromatic N) is 1. The smallest absolute Gasteiger partial charge is 0.142 e. The Labute approximate surface area is 90.6 Å². The Bertz CT molecular complexity index is 308. The van der Waals surface area contributed by atoms with Gasteiger partial charge >= 0.3 is 0 Å². The lowest BCUT2D eigenvalue weighted by Crippen LogP contribution is -2.24. The van der Waals surface area contributed by atoms with Gasteiger partial charge in [-0.3, -0.25) is 4.90 Å². The van der Waals surface area contributed by atoms with Gasteiger partial charge in [-0.25, -0.2) is 0 Å². The minimum atomic E-state index is 0.688. The summed E-state index contributed by atoms with van der Waals surface area (Å²) >= 11 is 0. The van der Waals surface area contributed by atoms with E-state index in [1.165, 1.54) is 12.8 Å². The topological polar surface area (TPSA) is 21.7 Å². The van der Waals surface area contributed by atoms with Gasteiger partial charge in [-0.15, -0.1) is 0 Å². The third-order valence-electron chi connectivity index (χ3n) is 2.65. The highest BCUT2D eigenvalue weighted by molar-refractivity contribution is 5.32. The first-order valence-corrected chi connectivity index (χ1v) is 5.38. The standard InChI is InChI=1S/C12H17NO2/c1-14-11-5-4-6-12(9-11)15-10-13-7-2-3-8-13/h4-6,9H,2-3,7-8,10H2,1H3. The summed E-state index contributed by atoms with van der Waals surface area (Å²) in [5, 5.41) is 0. The lowest BCUT2D eigenvalue weighted by molar-refractivity contribution is 0.152. The van der Waals surface area contributed by atoms with Crippen molar-refractivity contribution in [3.63, 3.8) is 0 Å². The Morgan fingerprint density at radius 2 is 1.93 bits per heavy atom. The van der Waals surface area contributed by atoms with Crippen LogP contribution in [-0.4, -0.2) is 31.8 Å². The fourth-order valence-electron chi connectivity index (χ4n) is 1.77. The van der Waals surface area contributed by atoms with Crippen molar-refractivity contribution in [3.8, 4) is 11.5 Å². The predicted octanol–water partition coefficient (Wildman–Crippen LogP) is 2.13. The monoisotopic (exact) mass is 207 g/mol. The third kappa shape index (κ3) is 2.86. The van der Waals surface area contributed by atoms with Crippen molar-refractivity contribution in [1.82, 2.24) is 4.90 Å². The predicted molar refractivity (Wildman–Crippen MR) is 59.3 cm³/mol. The lowest BCUT2D eigenvalue weighted by Gasteiger charge is -2.15. The largest absolute Gasteiger partial charge is 0.497 e. The summed E-state index contributed by atoms with van der Waals surface area (Å²) in [6.07, 6.45) is 2.59. The first kappa shape index (κ1) is 10.3. The van der Waals surface area contributed by atoms with Crippen molar-refractivity contribution in [2.24, 2.45) is 0 Å². The van der Waals surface area contributed by atoms with E-state index < -0.39 is 0 Å². The van der Waals surface area contributed by atoms with Gasteiger partial charge in [-0.2, -0.15) is 0 Å². The Morgan fingerprint density at radius 1 is 1.20 bits per heavy atom. The van der Waals surface area contributed by atoms with E-state index >= 15 is 0 Å². The van der Waals surface area contributed by atoms with Crippen molar-refractivity contribution in [3.05, 3.63) is 24.3 Å². The minimum Gasteiger partial charge on any atom is -0.497 e. The number of benzene rings is 1. The summed E-state index contributed by atoms with van der Waals surface area (Å²) in [6, 6.07) is 7.73. The van der Waals surface area contributed by atoms with E-state index in [-0.39, 0.29) is 0 Å². The van der Waals surface area contributed by atoms with E-state index in [4.69, 9.17) is 9.47 Å². The van der Waals surface area contributed by atoms with Crippen molar-refractivity contribution in [2.75, 3.05) is 26.9 Å². The van der Waals surface area contributed by atoms with Gasteiger partial charge in [0.15, 0.2) is 0 Å². The molecule has 0 amide bonds. The molecular weight excluding hydrogens is 190 g/mol.